The maximum atomic E-state index is 10.8. The summed E-state index contributed by atoms with van der Waals surface area (Å²) in [4.78, 5) is 10.8. The van der Waals surface area contributed by atoms with Crippen molar-refractivity contribution in [3.63, 3.8) is 0 Å². The van der Waals surface area contributed by atoms with Gasteiger partial charge < -0.3 is 5.11 Å². The van der Waals surface area contributed by atoms with Gasteiger partial charge in [0.25, 0.3) is 0 Å². The number of carbonyl (C=O) groups excluding carboxylic acids is 1. The highest BCUT2D eigenvalue weighted by molar-refractivity contribution is 5.70. The fraction of sp³-hybridized carbons (Fsp3) is 0.889. The van der Waals surface area contributed by atoms with E-state index in [2.05, 4.69) is 13.8 Å². The monoisotopic (exact) mass is 157 g/mol. The van der Waals surface area contributed by atoms with Crippen molar-refractivity contribution in [1.29, 1.82) is 0 Å². The second-order valence-electron chi connectivity index (χ2n) is 3.87. The maximum Gasteiger partial charge on any atom is 0.519 e. The highest BCUT2D eigenvalue weighted by Crippen LogP contribution is 2.33. The van der Waals surface area contributed by atoms with Gasteiger partial charge in [-0.25, -0.2) is 0 Å². The molecule has 3 atom stereocenters. The molecule has 2 heteroatoms. The van der Waals surface area contributed by atoms with Gasteiger partial charge in [-0.15, -0.1) is 0 Å². The van der Waals surface area contributed by atoms with E-state index in [0.717, 1.165) is 25.2 Å². The summed E-state index contributed by atoms with van der Waals surface area (Å²) in [6.07, 6.45) is 3.18. The van der Waals surface area contributed by atoms with Crippen molar-refractivity contribution in [2.24, 2.45) is 17.8 Å². The third kappa shape index (κ3) is 1.95. The minimum absolute atomic E-state index is 0.0335. The Labute approximate surface area is 67.6 Å². The molecule has 1 saturated carbocycles. The van der Waals surface area contributed by atoms with E-state index in [4.69, 9.17) is 5.11 Å². The Bertz CT molecular complexity index is 154. The number of hydrogen-bond donors (Lipinski definition) is 0. The van der Waals surface area contributed by atoms with Crippen LogP contribution in [0.2, 0.25) is 0 Å². The summed E-state index contributed by atoms with van der Waals surface area (Å²) in [5.41, 5.74) is 0. The molecule has 0 aromatic carbocycles. The van der Waals surface area contributed by atoms with Crippen LogP contribution >= 0.6 is 0 Å². The first-order chi connectivity index (χ1) is 5.11. The van der Waals surface area contributed by atoms with E-state index in [-0.39, 0.29) is 11.9 Å². The lowest BCUT2D eigenvalue weighted by atomic mass is 9.76. The van der Waals surface area contributed by atoms with Gasteiger partial charge in [-0.2, -0.15) is 0 Å². The first kappa shape index (κ1) is 8.57. The molecule has 2 N–H and O–H groups in total. The fourth-order valence-electron chi connectivity index (χ4n) is 2.05. The van der Waals surface area contributed by atoms with E-state index in [0.29, 0.717) is 5.92 Å². The van der Waals surface area contributed by atoms with Gasteiger partial charge in [0.2, 0.25) is 0 Å². The quantitative estimate of drug-likeness (QED) is 0.529. The van der Waals surface area contributed by atoms with Gasteiger partial charge in [0.1, 0.15) is 5.92 Å². The second-order valence-corrected chi connectivity index (χ2v) is 3.87. The topological polar surface area (TPSA) is 40.0 Å². The van der Waals surface area contributed by atoms with Crippen molar-refractivity contribution in [3.8, 4) is 0 Å². The van der Waals surface area contributed by atoms with Crippen LogP contribution in [-0.4, -0.2) is 11.1 Å². The molecule has 0 bridgehead atoms. The maximum absolute atomic E-state index is 10.8. The molecule has 0 amide bonds. The molecule has 0 saturated heterocycles. The van der Waals surface area contributed by atoms with Crippen LogP contribution in [0.5, 0.6) is 0 Å². The zero-order chi connectivity index (χ0) is 8.43. The highest BCUT2D eigenvalue weighted by Gasteiger charge is 2.34. The number of carbonyl (C=O) groups is 1. The minimum Gasteiger partial charge on any atom is -0.565 e. The molecule has 11 heavy (non-hydrogen) atoms. The van der Waals surface area contributed by atoms with Crippen LogP contribution in [0.15, 0.2) is 0 Å². The zero-order valence-electron chi connectivity index (χ0n) is 7.26. The number of rotatable bonds is 1. The van der Waals surface area contributed by atoms with Crippen LogP contribution < -0.4 is 0 Å². The standard InChI is InChI=1S/C9H16O2/c1-6-3-4-8(9(10)11)7(2)5-6/h6-8H,3-5H2,1-2H3,(H,10,11)/p+1. The normalized spacial score (nSPS) is 38.5. The van der Waals surface area contributed by atoms with E-state index in [1.54, 1.807) is 0 Å². The summed E-state index contributed by atoms with van der Waals surface area (Å²) >= 11 is 0. The third-order valence-corrected chi connectivity index (χ3v) is 2.77. The fourth-order valence-corrected chi connectivity index (χ4v) is 2.05. The molecule has 1 aliphatic rings. The van der Waals surface area contributed by atoms with Crippen LogP contribution in [0.3, 0.4) is 0 Å². The van der Waals surface area contributed by atoms with E-state index in [1.165, 1.54) is 0 Å². The van der Waals surface area contributed by atoms with Crippen molar-refractivity contribution < 1.29 is 9.90 Å². The van der Waals surface area contributed by atoms with Crippen LogP contribution in [0.1, 0.15) is 33.1 Å². The Balaban J connectivity index is 2.50. The molecule has 1 fully saturated rings. The molecule has 1 aliphatic carbocycles. The molecule has 0 spiro atoms. The van der Waals surface area contributed by atoms with Gasteiger partial charge in [0, 0.05) is 4.79 Å². The molecule has 3 unspecified atom stereocenters. The predicted molar refractivity (Wildman–Crippen MR) is 44.3 cm³/mol. The SMILES string of the molecule is CC1CCC(C(=O)[OH2+])C(C)C1. The Morgan fingerprint density at radius 3 is 2.45 bits per heavy atom. The highest BCUT2D eigenvalue weighted by atomic mass is 16.4. The minimum atomic E-state index is -0.357. The summed E-state index contributed by atoms with van der Waals surface area (Å²) < 4.78 is 0. The summed E-state index contributed by atoms with van der Waals surface area (Å²) in [6, 6.07) is 0. The Hall–Kier alpha value is -0.530. The van der Waals surface area contributed by atoms with E-state index < -0.39 is 0 Å². The molecular formula is C9H17O2+. The smallest absolute Gasteiger partial charge is 0.519 e. The first-order valence-electron chi connectivity index (χ1n) is 4.36. The van der Waals surface area contributed by atoms with Gasteiger partial charge in [0.05, 0.1) is 0 Å². The van der Waals surface area contributed by atoms with Gasteiger partial charge in [-0.1, -0.05) is 13.8 Å². The van der Waals surface area contributed by atoms with Gasteiger partial charge in [-0.3, -0.25) is 0 Å². The van der Waals surface area contributed by atoms with Crippen molar-refractivity contribution in [1.82, 2.24) is 0 Å². The molecule has 0 aromatic rings. The summed E-state index contributed by atoms with van der Waals surface area (Å²) in [6.45, 7) is 4.31. The lowest BCUT2D eigenvalue weighted by molar-refractivity contribution is -0.145. The molecule has 0 aromatic heterocycles. The molecular weight excluding hydrogens is 140 g/mol. The van der Waals surface area contributed by atoms with Gasteiger partial charge in [-0.05, 0) is 31.1 Å². The van der Waals surface area contributed by atoms with E-state index in [1.807, 2.05) is 0 Å². The molecule has 0 heterocycles. The lowest BCUT2D eigenvalue weighted by Crippen LogP contribution is -2.27. The molecule has 2 nitrogen and oxygen atoms in total. The average Bonchev–Trinajstić information content (AvgIpc) is 1.85. The molecule has 0 aliphatic heterocycles. The molecule has 64 valence electrons. The van der Waals surface area contributed by atoms with Gasteiger partial charge >= 0.3 is 5.97 Å². The van der Waals surface area contributed by atoms with Crippen LogP contribution in [-0.2, 0) is 4.79 Å². The Kier molecular flexibility index (Phi) is 2.53. The van der Waals surface area contributed by atoms with Crippen LogP contribution in [0, 0.1) is 17.8 Å². The molecule has 0 radical (unpaired) electrons. The van der Waals surface area contributed by atoms with E-state index in [9.17, 15) is 4.79 Å². The van der Waals surface area contributed by atoms with Gasteiger partial charge in [0.15, 0.2) is 0 Å². The van der Waals surface area contributed by atoms with Crippen molar-refractivity contribution in [2.75, 3.05) is 0 Å². The largest absolute Gasteiger partial charge is 0.565 e. The van der Waals surface area contributed by atoms with Crippen LogP contribution in [0.25, 0.3) is 0 Å². The summed E-state index contributed by atoms with van der Waals surface area (Å²) in [7, 11) is 0. The first-order valence-corrected chi connectivity index (χ1v) is 4.36. The second kappa shape index (κ2) is 3.24. The summed E-state index contributed by atoms with van der Waals surface area (Å²) in [5.74, 6) is 0.861. The Morgan fingerprint density at radius 1 is 1.36 bits per heavy atom. The van der Waals surface area contributed by atoms with E-state index >= 15 is 0 Å². The Morgan fingerprint density at radius 2 is 2.00 bits per heavy atom. The lowest BCUT2D eigenvalue weighted by Gasteiger charge is -2.27. The third-order valence-electron chi connectivity index (χ3n) is 2.77. The summed E-state index contributed by atoms with van der Waals surface area (Å²) in [5, 5.41) is 7.03. The van der Waals surface area contributed by atoms with Crippen molar-refractivity contribution in [2.45, 2.75) is 33.1 Å². The van der Waals surface area contributed by atoms with Crippen molar-refractivity contribution in [3.05, 3.63) is 0 Å². The number of hydrogen-bond acceptors (Lipinski definition) is 1. The zero-order valence-corrected chi connectivity index (χ0v) is 7.26. The van der Waals surface area contributed by atoms with Crippen LogP contribution in [0.4, 0.5) is 0 Å². The predicted octanol–water partition coefficient (Wildman–Crippen LogP) is 1.31. The average molecular weight is 157 g/mol. The van der Waals surface area contributed by atoms with Crippen molar-refractivity contribution >= 4 is 5.97 Å². The molecule has 1 rings (SSSR count).